The van der Waals surface area contributed by atoms with E-state index in [4.69, 9.17) is 10.5 Å². The molecule has 0 bridgehead atoms. The Morgan fingerprint density at radius 1 is 1.53 bits per heavy atom. The van der Waals surface area contributed by atoms with E-state index < -0.39 is 0 Å². The summed E-state index contributed by atoms with van der Waals surface area (Å²) < 4.78 is 5.74. The number of hydrogen-bond acceptors (Lipinski definition) is 4. The molecule has 0 radical (unpaired) electrons. The van der Waals surface area contributed by atoms with Gasteiger partial charge in [-0.1, -0.05) is 0 Å². The summed E-state index contributed by atoms with van der Waals surface area (Å²) in [6.07, 6.45) is 1.54. The molecule has 0 aromatic rings. The zero-order valence-corrected chi connectivity index (χ0v) is 10.8. The lowest BCUT2D eigenvalue weighted by atomic mass is 10.2. The van der Waals surface area contributed by atoms with Gasteiger partial charge in [0.2, 0.25) is 0 Å². The molecule has 15 heavy (non-hydrogen) atoms. The average molecular weight is 232 g/mol. The van der Waals surface area contributed by atoms with Gasteiger partial charge in [-0.15, -0.1) is 0 Å². The monoisotopic (exact) mass is 232 g/mol. The van der Waals surface area contributed by atoms with Crippen LogP contribution in [0.5, 0.6) is 0 Å². The van der Waals surface area contributed by atoms with Crippen molar-refractivity contribution >= 4 is 11.8 Å². The molecule has 1 aliphatic heterocycles. The van der Waals surface area contributed by atoms with Crippen LogP contribution in [0.3, 0.4) is 0 Å². The van der Waals surface area contributed by atoms with E-state index in [0.717, 1.165) is 44.2 Å². The van der Waals surface area contributed by atoms with Crippen LogP contribution in [0, 0.1) is 0 Å². The molecule has 1 unspecified atom stereocenters. The molecule has 0 aromatic heterocycles. The highest BCUT2D eigenvalue weighted by molar-refractivity contribution is 7.99. The van der Waals surface area contributed by atoms with Crippen LogP contribution in [-0.2, 0) is 4.74 Å². The van der Waals surface area contributed by atoms with Crippen molar-refractivity contribution in [3.8, 4) is 0 Å². The standard InChI is InChI=1S/C11H24N2OS/c1-10(2)13-5-6-14-11(8-13)9-15-7-3-4-12/h10-11H,3-9,12H2,1-2H3. The Morgan fingerprint density at radius 3 is 3.00 bits per heavy atom. The lowest BCUT2D eigenvalue weighted by Crippen LogP contribution is -2.46. The lowest BCUT2D eigenvalue weighted by Gasteiger charge is -2.35. The zero-order valence-electron chi connectivity index (χ0n) is 9.95. The Kier molecular flexibility index (Phi) is 6.64. The molecule has 1 saturated heterocycles. The first-order valence-electron chi connectivity index (χ1n) is 5.87. The molecule has 0 spiro atoms. The first kappa shape index (κ1) is 13.3. The molecule has 1 atom stereocenters. The summed E-state index contributed by atoms with van der Waals surface area (Å²) in [5, 5.41) is 0. The van der Waals surface area contributed by atoms with Crippen LogP contribution in [0.1, 0.15) is 20.3 Å². The van der Waals surface area contributed by atoms with Crippen LogP contribution in [0.4, 0.5) is 0 Å². The van der Waals surface area contributed by atoms with Crippen molar-refractivity contribution in [2.75, 3.05) is 37.7 Å². The molecule has 1 aliphatic rings. The maximum atomic E-state index is 5.74. The van der Waals surface area contributed by atoms with Gasteiger partial charge < -0.3 is 10.5 Å². The second kappa shape index (κ2) is 7.49. The Labute approximate surface area is 97.7 Å². The number of nitrogens with zero attached hydrogens (tertiary/aromatic N) is 1. The molecular weight excluding hydrogens is 208 g/mol. The van der Waals surface area contributed by atoms with Crippen molar-refractivity contribution in [3.05, 3.63) is 0 Å². The fourth-order valence-electron chi connectivity index (χ4n) is 1.71. The first-order valence-corrected chi connectivity index (χ1v) is 7.03. The summed E-state index contributed by atoms with van der Waals surface area (Å²) in [5.41, 5.74) is 5.46. The minimum absolute atomic E-state index is 0.420. The molecule has 0 saturated carbocycles. The third kappa shape index (κ3) is 5.20. The fourth-order valence-corrected chi connectivity index (χ4v) is 2.71. The predicted octanol–water partition coefficient (Wildman–Crippen LogP) is 1.18. The summed E-state index contributed by atoms with van der Waals surface area (Å²) in [4.78, 5) is 2.50. The van der Waals surface area contributed by atoms with Gasteiger partial charge in [0.05, 0.1) is 12.7 Å². The minimum atomic E-state index is 0.420. The van der Waals surface area contributed by atoms with Crippen LogP contribution >= 0.6 is 11.8 Å². The Bertz CT molecular complexity index is 167. The summed E-state index contributed by atoms with van der Waals surface area (Å²) in [7, 11) is 0. The summed E-state index contributed by atoms with van der Waals surface area (Å²) in [5.74, 6) is 2.28. The van der Waals surface area contributed by atoms with Crippen molar-refractivity contribution in [2.24, 2.45) is 5.73 Å². The first-order chi connectivity index (χ1) is 7.24. The topological polar surface area (TPSA) is 38.5 Å². The van der Waals surface area contributed by atoms with Crippen LogP contribution in [0.25, 0.3) is 0 Å². The zero-order chi connectivity index (χ0) is 11.1. The van der Waals surface area contributed by atoms with E-state index in [1.165, 1.54) is 0 Å². The van der Waals surface area contributed by atoms with E-state index in [2.05, 4.69) is 18.7 Å². The second-order valence-corrected chi connectivity index (χ2v) is 5.45. The van der Waals surface area contributed by atoms with Crippen molar-refractivity contribution in [2.45, 2.75) is 32.4 Å². The highest BCUT2D eigenvalue weighted by Gasteiger charge is 2.21. The Balaban J connectivity index is 2.13. The van der Waals surface area contributed by atoms with Gasteiger partial charge in [-0.25, -0.2) is 0 Å². The van der Waals surface area contributed by atoms with E-state index >= 15 is 0 Å². The minimum Gasteiger partial charge on any atom is -0.375 e. The molecule has 1 heterocycles. The third-order valence-electron chi connectivity index (χ3n) is 2.70. The number of morpholine rings is 1. The highest BCUT2D eigenvalue weighted by Crippen LogP contribution is 2.13. The van der Waals surface area contributed by atoms with E-state index in [-0.39, 0.29) is 0 Å². The molecule has 2 N–H and O–H groups in total. The second-order valence-electron chi connectivity index (χ2n) is 4.30. The van der Waals surface area contributed by atoms with E-state index in [9.17, 15) is 0 Å². The number of rotatable bonds is 6. The SMILES string of the molecule is CC(C)N1CCOC(CSCCCN)C1. The van der Waals surface area contributed by atoms with E-state index in [1.54, 1.807) is 0 Å². The largest absolute Gasteiger partial charge is 0.375 e. The Morgan fingerprint density at radius 2 is 2.33 bits per heavy atom. The van der Waals surface area contributed by atoms with Gasteiger partial charge in [0.25, 0.3) is 0 Å². The number of ether oxygens (including phenoxy) is 1. The number of thioether (sulfide) groups is 1. The molecule has 3 nitrogen and oxygen atoms in total. The predicted molar refractivity (Wildman–Crippen MR) is 67.4 cm³/mol. The van der Waals surface area contributed by atoms with Gasteiger partial charge in [-0.2, -0.15) is 11.8 Å². The summed E-state index contributed by atoms with van der Waals surface area (Å²) in [6, 6.07) is 0.644. The van der Waals surface area contributed by atoms with E-state index in [0.29, 0.717) is 12.1 Å². The Hall–Kier alpha value is 0.230. The summed E-state index contributed by atoms with van der Waals surface area (Å²) in [6.45, 7) is 8.37. The molecule has 4 heteroatoms. The molecule has 0 aromatic carbocycles. The maximum Gasteiger partial charge on any atom is 0.0792 e. The smallest absolute Gasteiger partial charge is 0.0792 e. The normalized spacial score (nSPS) is 23.6. The van der Waals surface area contributed by atoms with Gasteiger partial charge in [0.15, 0.2) is 0 Å². The van der Waals surface area contributed by atoms with Crippen LogP contribution in [-0.4, -0.2) is 54.8 Å². The van der Waals surface area contributed by atoms with Gasteiger partial charge in [0.1, 0.15) is 0 Å². The molecule has 0 aliphatic carbocycles. The fraction of sp³-hybridized carbons (Fsp3) is 1.00. The number of hydrogen-bond donors (Lipinski definition) is 1. The van der Waals surface area contributed by atoms with Crippen LogP contribution in [0.2, 0.25) is 0 Å². The van der Waals surface area contributed by atoms with E-state index in [1.807, 2.05) is 11.8 Å². The molecule has 1 rings (SSSR count). The molecule has 0 amide bonds. The lowest BCUT2D eigenvalue weighted by molar-refractivity contribution is -0.0265. The molecule has 90 valence electrons. The van der Waals surface area contributed by atoms with Gasteiger partial charge in [-0.05, 0) is 32.6 Å². The van der Waals surface area contributed by atoms with Crippen LogP contribution < -0.4 is 5.73 Å². The van der Waals surface area contributed by atoms with Crippen LogP contribution in [0.15, 0.2) is 0 Å². The quantitative estimate of drug-likeness (QED) is 0.698. The number of nitrogens with two attached hydrogens (primary N) is 1. The van der Waals surface area contributed by atoms with Crippen molar-refractivity contribution in [1.82, 2.24) is 4.90 Å². The molecular formula is C11H24N2OS. The van der Waals surface area contributed by atoms with Crippen molar-refractivity contribution < 1.29 is 4.74 Å². The maximum absolute atomic E-state index is 5.74. The van der Waals surface area contributed by atoms with Gasteiger partial charge in [0, 0.05) is 24.9 Å². The summed E-state index contributed by atoms with van der Waals surface area (Å²) >= 11 is 1.97. The van der Waals surface area contributed by atoms with Gasteiger partial charge >= 0.3 is 0 Å². The van der Waals surface area contributed by atoms with Gasteiger partial charge in [-0.3, -0.25) is 4.90 Å². The molecule has 1 fully saturated rings. The average Bonchev–Trinajstić information content (AvgIpc) is 2.25. The van der Waals surface area contributed by atoms with Crippen molar-refractivity contribution in [3.63, 3.8) is 0 Å². The third-order valence-corrected chi connectivity index (χ3v) is 3.88. The highest BCUT2D eigenvalue weighted by atomic mass is 32.2. The van der Waals surface area contributed by atoms with Crippen molar-refractivity contribution in [1.29, 1.82) is 0 Å².